The molecule has 3 atom stereocenters. The molecule has 2 aliphatic heterocycles. The van der Waals surface area contributed by atoms with Gasteiger partial charge in [0.15, 0.2) is 11.5 Å². The van der Waals surface area contributed by atoms with Crippen LogP contribution in [-0.2, 0) is 0 Å². The molecular weight excluding hydrogens is 366 g/mol. The average molecular weight is 399 g/mol. The van der Waals surface area contributed by atoms with Crippen molar-refractivity contribution in [3.63, 3.8) is 0 Å². The molecule has 5 nitrogen and oxygen atoms in total. The smallest absolute Gasteiger partial charge is 0.161 e. The lowest BCUT2D eigenvalue weighted by molar-refractivity contribution is -0.921. The number of fused-ring (bicyclic) bond motifs is 1. The van der Waals surface area contributed by atoms with Gasteiger partial charge in [0.25, 0.3) is 0 Å². The molecule has 29 heavy (non-hydrogen) atoms. The molecular formula is C24H32NO4+. The molecule has 0 aromatic heterocycles. The minimum Gasteiger partial charge on any atom is -0.490 e. The number of benzene rings is 2. The highest BCUT2D eigenvalue weighted by Crippen LogP contribution is 2.33. The molecule has 0 amide bonds. The lowest BCUT2D eigenvalue weighted by Gasteiger charge is -2.26. The maximum absolute atomic E-state index is 10.7. The summed E-state index contributed by atoms with van der Waals surface area (Å²) in [5.41, 5.74) is 2.45. The van der Waals surface area contributed by atoms with Gasteiger partial charge in [0.2, 0.25) is 0 Å². The second kappa shape index (κ2) is 9.06. The molecule has 2 aliphatic rings. The van der Waals surface area contributed by atoms with Crippen molar-refractivity contribution in [2.45, 2.75) is 44.8 Å². The fourth-order valence-corrected chi connectivity index (χ4v) is 4.47. The van der Waals surface area contributed by atoms with Gasteiger partial charge < -0.3 is 24.2 Å². The van der Waals surface area contributed by atoms with Crippen LogP contribution in [0.15, 0.2) is 42.5 Å². The molecule has 1 saturated heterocycles. The molecule has 4 rings (SSSR count). The maximum atomic E-state index is 10.7. The summed E-state index contributed by atoms with van der Waals surface area (Å²) >= 11 is 0. The van der Waals surface area contributed by atoms with Crippen LogP contribution in [0.3, 0.4) is 0 Å². The Morgan fingerprint density at radius 1 is 1.10 bits per heavy atom. The van der Waals surface area contributed by atoms with Crippen molar-refractivity contribution >= 4 is 0 Å². The monoisotopic (exact) mass is 398 g/mol. The van der Waals surface area contributed by atoms with Gasteiger partial charge in [-0.1, -0.05) is 32.0 Å². The van der Waals surface area contributed by atoms with Crippen LogP contribution in [0.2, 0.25) is 0 Å². The fraction of sp³-hybridized carbons (Fsp3) is 0.500. The van der Waals surface area contributed by atoms with E-state index in [-0.39, 0.29) is 0 Å². The highest BCUT2D eigenvalue weighted by molar-refractivity contribution is 5.44. The second-order valence-corrected chi connectivity index (χ2v) is 8.37. The molecule has 5 heteroatoms. The Morgan fingerprint density at radius 2 is 1.90 bits per heavy atom. The molecule has 1 fully saturated rings. The third kappa shape index (κ3) is 4.68. The van der Waals surface area contributed by atoms with Crippen LogP contribution >= 0.6 is 0 Å². The van der Waals surface area contributed by atoms with Crippen molar-refractivity contribution in [2.24, 2.45) is 0 Å². The SMILES string of the molecule is CC(C)c1ccccc1OC[C@@H](O)C[NH+]1CCC[C@H]1c1ccc2c(c1)OCCO2. The number of hydrogen-bond acceptors (Lipinski definition) is 4. The zero-order chi connectivity index (χ0) is 20.2. The molecule has 0 saturated carbocycles. The van der Waals surface area contributed by atoms with Crippen molar-refractivity contribution in [3.05, 3.63) is 53.6 Å². The first kappa shape index (κ1) is 20.0. The third-order valence-corrected chi connectivity index (χ3v) is 5.92. The van der Waals surface area contributed by atoms with Crippen molar-refractivity contribution in [3.8, 4) is 17.2 Å². The summed E-state index contributed by atoms with van der Waals surface area (Å²) in [7, 11) is 0. The van der Waals surface area contributed by atoms with Crippen LogP contribution in [0.5, 0.6) is 17.2 Å². The summed E-state index contributed by atoms with van der Waals surface area (Å²) in [5, 5.41) is 10.7. The highest BCUT2D eigenvalue weighted by atomic mass is 16.6. The number of likely N-dealkylation sites (tertiary alicyclic amines) is 1. The molecule has 2 N–H and O–H groups in total. The molecule has 0 aliphatic carbocycles. The van der Waals surface area contributed by atoms with Gasteiger partial charge in [-0.2, -0.15) is 0 Å². The van der Waals surface area contributed by atoms with Gasteiger partial charge >= 0.3 is 0 Å². The zero-order valence-electron chi connectivity index (χ0n) is 17.4. The number of ether oxygens (including phenoxy) is 3. The van der Waals surface area contributed by atoms with Crippen molar-refractivity contribution in [1.82, 2.24) is 0 Å². The molecule has 2 heterocycles. The summed E-state index contributed by atoms with van der Waals surface area (Å²) in [6, 6.07) is 14.8. The van der Waals surface area contributed by atoms with Crippen LogP contribution < -0.4 is 19.1 Å². The topological polar surface area (TPSA) is 52.4 Å². The number of hydrogen-bond donors (Lipinski definition) is 2. The first-order valence-corrected chi connectivity index (χ1v) is 10.8. The van der Waals surface area contributed by atoms with E-state index >= 15 is 0 Å². The Labute approximate surface area is 173 Å². The Hall–Kier alpha value is -2.24. The molecule has 0 radical (unpaired) electrons. The lowest BCUT2D eigenvalue weighted by atomic mass is 10.0. The van der Waals surface area contributed by atoms with Crippen LogP contribution in [-0.4, -0.2) is 44.1 Å². The molecule has 1 unspecified atom stereocenters. The normalized spacial score (nSPS) is 21.9. The molecule has 2 aromatic rings. The third-order valence-electron chi connectivity index (χ3n) is 5.92. The number of aliphatic hydroxyl groups is 1. The zero-order valence-corrected chi connectivity index (χ0v) is 17.4. The summed E-state index contributed by atoms with van der Waals surface area (Å²) in [5.74, 6) is 2.94. The Balaban J connectivity index is 1.37. The van der Waals surface area contributed by atoms with Crippen LogP contribution in [0.1, 0.15) is 49.8 Å². The number of para-hydroxylation sites is 1. The standard InChI is InChI=1S/C24H31NO4/c1-17(2)20-6-3-4-8-22(20)29-16-19(26)15-25-11-5-7-21(25)18-9-10-23-24(14-18)28-13-12-27-23/h3-4,6,8-10,14,17,19,21,26H,5,7,11-13,15-16H2,1-2H3/p+1/t19-,21-/m0/s1. The van der Waals surface area contributed by atoms with E-state index in [9.17, 15) is 5.11 Å². The number of nitrogens with one attached hydrogen (secondary N) is 1. The van der Waals surface area contributed by atoms with E-state index in [1.807, 2.05) is 24.3 Å². The van der Waals surface area contributed by atoms with Crippen molar-refractivity contribution < 1.29 is 24.2 Å². The number of rotatable bonds is 7. The van der Waals surface area contributed by atoms with Gasteiger partial charge in [0.1, 0.15) is 44.3 Å². The van der Waals surface area contributed by atoms with Crippen LogP contribution in [0, 0.1) is 0 Å². The Bertz CT molecular complexity index is 822. The summed E-state index contributed by atoms with van der Waals surface area (Å²) in [6.07, 6.45) is 1.79. The lowest BCUT2D eigenvalue weighted by Crippen LogP contribution is -3.11. The summed E-state index contributed by atoms with van der Waals surface area (Å²) in [4.78, 5) is 1.41. The number of quaternary nitrogens is 1. The van der Waals surface area contributed by atoms with E-state index in [2.05, 4.69) is 32.0 Å². The van der Waals surface area contributed by atoms with Gasteiger partial charge in [-0.25, -0.2) is 0 Å². The van der Waals surface area contributed by atoms with Crippen molar-refractivity contribution in [2.75, 3.05) is 32.9 Å². The molecule has 0 bridgehead atoms. The first-order chi connectivity index (χ1) is 14.1. The predicted octanol–water partition coefficient (Wildman–Crippen LogP) is 2.74. The Morgan fingerprint density at radius 3 is 2.72 bits per heavy atom. The van der Waals surface area contributed by atoms with Crippen LogP contribution in [0.25, 0.3) is 0 Å². The molecule has 0 spiro atoms. The van der Waals surface area contributed by atoms with E-state index in [0.29, 0.717) is 38.3 Å². The van der Waals surface area contributed by atoms with E-state index in [1.165, 1.54) is 16.0 Å². The van der Waals surface area contributed by atoms with Gasteiger partial charge in [0.05, 0.1) is 6.54 Å². The van der Waals surface area contributed by atoms with Gasteiger partial charge in [0, 0.05) is 18.4 Å². The number of aliphatic hydroxyl groups excluding tert-OH is 1. The quantitative estimate of drug-likeness (QED) is 0.753. The fourth-order valence-electron chi connectivity index (χ4n) is 4.47. The van der Waals surface area contributed by atoms with Gasteiger partial charge in [-0.15, -0.1) is 0 Å². The minimum absolute atomic E-state index is 0.321. The summed E-state index contributed by atoms with van der Waals surface area (Å²) in [6.45, 7) is 7.60. The van der Waals surface area contributed by atoms with E-state index in [1.54, 1.807) is 0 Å². The minimum atomic E-state index is -0.497. The van der Waals surface area contributed by atoms with E-state index in [4.69, 9.17) is 14.2 Å². The van der Waals surface area contributed by atoms with Crippen LogP contribution in [0.4, 0.5) is 0 Å². The van der Waals surface area contributed by atoms with Gasteiger partial charge in [-0.05, 0) is 35.7 Å². The molecule has 2 aromatic carbocycles. The Kier molecular flexibility index (Phi) is 6.26. The highest BCUT2D eigenvalue weighted by Gasteiger charge is 2.32. The van der Waals surface area contributed by atoms with Crippen molar-refractivity contribution in [1.29, 1.82) is 0 Å². The van der Waals surface area contributed by atoms with E-state index in [0.717, 1.165) is 36.6 Å². The maximum Gasteiger partial charge on any atom is 0.161 e. The largest absolute Gasteiger partial charge is 0.490 e. The second-order valence-electron chi connectivity index (χ2n) is 8.37. The predicted molar refractivity (Wildman–Crippen MR) is 112 cm³/mol. The summed E-state index contributed by atoms with van der Waals surface area (Å²) < 4.78 is 17.4. The van der Waals surface area contributed by atoms with E-state index < -0.39 is 6.10 Å². The first-order valence-electron chi connectivity index (χ1n) is 10.8. The molecule has 156 valence electrons. The van der Waals surface area contributed by atoms with Gasteiger partial charge in [-0.3, -0.25) is 0 Å². The average Bonchev–Trinajstić information content (AvgIpc) is 3.20.